The van der Waals surface area contributed by atoms with Crippen LogP contribution in [0.25, 0.3) is 0 Å². The fourth-order valence-corrected chi connectivity index (χ4v) is 3.48. The highest BCUT2D eigenvalue weighted by atomic mass is 28.3. The Balaban J connectivity index is 3.93. The second-order valence-electron chi connectivity index (χ2n) is 3.57. The second-order valence-corrected chi connectivity index (χ2v) is 5.61. The van der Waals surface area contributed by atoms with E-state index in [0.29, 0.717) is 5.54 Å². The third-order valence-corrected chi connectivity index (χ3v) is 4.92. The fraction of sp³-hybridized carbons (Fsp3) is 1.00. The molecule has 1 atom stereocenters. The van der Waals surface area contributed by atoms with Gasteiger partial charge in [0.1, 0.15) is 0 Å². The summed E-state index contributed by atoms with van der Waals surface area (Å²) in [6, 6.07) is 0. The summed E-state index contributed by atoms with van der Waals surface area (Å²) in [4.78, 5) is 0. The molecule has 1 unspecified atom stereocenters. The average Bonchev–Trinajstić information content (AvgIpc) is 2.24. The van der Waals surface area contributed by atoms with Crippen LogP contribution in [-0.4, -0.2) is 29.0 Å². The smallest absolute Gasteiger partial charge is 0.387 e. The Hall–Kier alpha value is 0.0969. The molecule has 1 radical (unpaired) electrons. The van der Waals surface area contributed by atoms with Gasteiger partial charge in [-0.1, -0.05) is 19.8 Å². The van der Waals surface area contributed by atoms with Crippen molar-refractivity contribution in [3.05, 3.63) is 0 Å². The lowest BCUT2D eigenvalue weighted by Gasteiger charge is -2.22. The molecule has 0 saturated carbocycles. The van der Waals surface area contributed by atoms with E-state index in [0.717, 1.165) is 32.6 Å². The second kappa shape index (κ2) is 10.6. The molecule has 2 N–H and O–H groups in total. The third kappa shape index (κ3) is 7.06. The van der Waals surface area contributed by atoms with Gasteiger partial charge in [-0.2, -0.15) is 0 Å². The number of nitrogens with two attached hydrogens (primary N) is 1. The van der Waals surface area contributed by atoms with Crippen molar-refractivity contribution in [3.8, 4) is 0 Å². The lowest BCUT2D eigenvalue weighted by molar-refractivity contribution is 0.200. The first-order chi connectivity index (χ1) is 7.29. The van der Waals surface area contributed by atoms with Gasteiger partial charge in [0.2, 0.25) is 0 Å². The Bertz CT molecular complexity index is 130. The standard InChI is InChI=1S/C11H26NO2Si/c1-4-11(9-7-8-10-12)15(13-5-2)14-6-3/h11H,4-10,12H2,1-3H3. The molecule has 0 aliphatic rings. The van der Waals surface area contributed by atoms with E-state index in [-0.39, 0.29) is 0 Å². The largest absolute Gasteiger partial charge is 0.393 e. The van der Waals surface area contributed by atoms with Crippen LogP contribution >= 0.6 is 0 Å². The minimum absolute atomic E-state index is 0.612. The molecule has 0 aromatic rings. The Morgan fingerprint density at radius 2 is 1.67 bits per heavy atom. The lowest BCUT2D eigenvalue weighted by atomic mass is 10.1. The topological polar surface area (TPSA) is 44.5 Å². The predicted molar refractivity (Wildman–Crippen MR) is 66.0 cm³/mol. The van der Waals surface area contributed by atoms with E-state index in [4.69, 9.17) is 14.6 Å². The highest BCUT2D eigenvalue weighted by Crippen LogP contribution is 2.23. The van der Waals surface area contributed by atoms with Gasteiger partial charge in [0, 0.05) is 18.8 Å². The van der Waals surface area contributed by atoms with E-state index in [1.165, 1.54) is 12.8 Å². The van der Waals surface area contributed by atoms with Gasteiger partial charge in [0.05, 0.1) is 0 Å². The first-order valence-electron chi connectivity index (χ1n) is 6.12. The number of unbranched alkanes of at least 4 members (excludes halogenated alkanes) is 1. The molecule has 0 amide bonds. The van der Waals surface area contributed by atoms with Crippen LogP contribution in [0, 0.1) is 0 Å². The van der Waals surface area contributed by atoms with Crippen LogP contribution in [0.2, 0.25) is 5.54 Å². The molecule has 0 aromatic carbocycles. The highest BCUT2D eigenvalue weighted by molar-refractivity contribution is 6.46. The fourth-order valence-electron chi connectivity index (χ4n) is 1.59. The van der Waals surface area contributed by atoms with Crippen LogP contribution in [0.3, 0.4) is 0 Å². The summed E-state index contributed by atoms with van der Waals surface area (Å²) >= 11 is 0. The summed E-state index contributed by atoms with van der Waals surface area (Å²) < 4.78 is 11.4. The van der Waals surface area contributed by atoms with Crippen molar-refractivity contribution in [2.45, 2.75) is 52.0 Å². The number of rotatable bonds is 10. The maximum Gasteiger partial charge on any atom is 0.387 e. The van der Waals surface area contributed by atoms with E-state index in [2.05, 4.69) is 6.92 Å². The molecule has 0 bridgehead atoms. The van der Waals surface area contributed by atoms with Gasteiger partial charge in [-0.05, 0) is 33.2 Å². The van der Waals surface area contributed by atoms with Crippen LogP contribution in [0.15, 0.2) is 0 Å². The first kappa shape index (κ1) is 15.1. The zero-order valence-corrected chi connectivity index (χ0v) is 11.4. The van der Waals surface area contributed by atoms with Gasteiger partial charge in [0.25, 0.3) is 0 Å². The summed E-state index contributed by atoms with van der Waals surface area (Å²) in [6.07, 6.45) is 4.66. The molecule has 0 aliphatic carbocycles. The maximum absolute atomic E-state index is 5.71. The van der Waals surface area contributed by atoms with Gasteiger partial charge in [0.15, 0.2) is 0 Å². The van der Waals surface area contributed by atoms with Gasteiger partial charge >= 0.3 is 9.28 Å². The molecule has 0 aromatic heterocycles. The zero-order valence-electron chi connectivity index (χ0n) is 10.4. The molecule has 0 saturated heterocycles. The van der Waals surface area contributed by atoms with E-state index in [9.17, 15) is 0 Å². The summed E-state index contributed by atoms with van der Waals surface area (Å²) in [7, 11) is -1.06. The molecule has 0 rings (SSSR count). The molecule has 0 aliphatic heterocycles. The average molecular weight is 232 g/mol. The van der Waals surface area contributed by atoms with E-state index in [1.54, 1.807) is 0 Å². The Labute approximate surface area is 96.2 Å². The Kier molecular flexibility index (Phi) is 10.7. The summed E-state index contributed by atoms with van der Waals surface area (Å²) in [5, 5.41) is 0. The molecule has 91 valence electrons. The number of hydrogen-bond donors (Lipinski definition) is 1. The van der Waals surface area contributed by atoms with Crippen molar-refractivity contribution < 1.29 is 8.85 Å². The van der Waals surface area contributed by atoms with Crippen molar-refractivity contribution in [3.63, 3.8) is 0 Å². The molecule has 3 nitrogen and oxygen atoms in total. The van der Waals surface area contributed by atoms with Crippen molar-refractivity contribution in [1.82, 2.24) is 0 Å². The predicted octanol–water partition coefficient (Wildman–Crippen LogP) is 2.46. The van der Waals surface area contributed by atoms with Crippen molar-refractivity contribution >= 4 is 9.28 Å². The molecule has 0 fully saturated rings. The van der Waals surface area contributed by atoms with Gasteiger partial charge in [-0.3, -0.25) is 0 Å². The lowest BCUT2D eigenvalue weighted by Crippen LogP contribution is -2.29. The van der Waals surface area contributed by atoms with Gasteiger partial charge < -0.3 is 14.6 Å². The van der Waals surface area contributed by atoms with Gasteiger partial charge in [-0.25, -0.2) is 0 Å². The van der Waals surface area contributed by atoms with E-state index < -0.39 is 9.28 Å². The summed E-state index contributed by atoms with van der Waals surface area (Å²) in [5.74, 6) is 0. The monoisotopic (exact) mass is 232 g/mol. The van der Waals surface area contributed by atoms with Crippen molar-refractivity contribution in [2.75, 3.05) is 19.8 Å². The normalized spacial score (nSPS) is 13.4. The van der Waals surface area contributed by atoms with E-state index >= 15 is 0 Å². The molecular weight excluding hydrogens is 206 g/mol. The number of hydrogen-bond acceptors (Lipinski definition) is 3. The van der Waals surface area contributed by atoms with Crippen LogP contribution in [0.5, 0.6) is 0 Å². The SMILES string of the molecule is CCO[Si](OCC)C(CC)CCCCN. The van der Waals surface area contributed by atoms with Crippen molar-refractivity contribution in [2.24, 2.45) is 5.73 Å². The zero-order chi connectivity index (χ0) is 11.5. The van der Waals surface area contributed by atoms with Crippen LogP contribution < -0.4 is 5.73 Å². The molecule has 4 heteroatoms. The Morgan fingerprint density at radius 3 is 2.07 bits per heavy atom. The minimum Gasteiger partial charge on any atom is -0.393 e. The van der Waals surface area contributed by atoms with Crippen LogP contribution in [0.1, 0.15) is 46.5 Å². The maximum atomic E-state index is 5.71. The summed E-state index contributed by atoms with van der Waals surface area (Å²) in [6.45, 7) is 8.62. The quantitative estimate of drug-likeness (QED) is 0.465. The van der Waals surface area contributed by atoms with E-state index in [1.807, 2.05) is 13.8 Å². The summed E-state index contributed by atoms with van der Waals surface area (Å²) in [5.41, 5.74) is 6.11. The van der Waals surface area contributed by atoms with Crippen LogP contribution in [0.4, 0.5) is 0 Å². The molecular formula is C11H26NO2Si. The van der Waals surface area contributed by atoms with Crippen LogP contribution in [-0.2, 0) is 8.85 Å². The van der Waals surface area contributed by atoms with Gasteiger partial charge in [-0.15, -0.1) is 0 Å². The molecule has 15 heavy (non-hydrogen) atoms. The first-order valence-corrected chi connectivity index (χ1v) is 7.51. The Morgan fingerprint density at radius 1 is 1.07 bits per heavy atom. The highest BCUT2D eigenvalue weighted by Gasteiger charge is 2.25. The third-order valence-electron chi connectivity index (χ3n) is 2.41. The molecule has 0 heterocycles. The minimum atomic E-state index is -1.06. The molecule has 0 spiro atoms. The van der Waals surface area contributed by atoms with Crippen molar-refractivity contribution in [1.29, 1.82) is 0 Å².